The van der Waals surface area contributed by atoms with Crippen LogP contribution in [0, 0.1) is 0 Å². The van der Waals surface area contributed by atoms with E-state index in [9.17, 15) is 0 Å². The van der Waals surface area contributed by atoms with Crippen molar-refractivity contribution in [2.45, 2.75) is 12.8 Å². The van der Waals surface area contributed by atoms with Gasteiger partial charge in [-0.25, -0.2) is 4.98 Å². The molecule has 0 saturated carbocycles. The van der Waals surface area contributed by atoms with E-state index in [0.29, 0.717) is 5.92 Å². The van der Waals surface area contributed by atoms with Gasteiger partial charge in [0.25, 0.3) is 0 Å². The van der Waals surface area contributed by atoms with Crippen molar-refractivity contribution >= 4 is 11.3 Å². The van der Waals surface area contributed by atoms with E-state index >= 15 is 0 Å². The normalized spacial score (nSPS) is 12.7. The van der Waals surface area contributed by atoms with Crippen LogP contribution in [-0.2, 0) is 0 Å². The van der Waals surface area contributed by atoms with Gasteiger partial charge in [-0.3, -0.25) is 4.98 Å². The highest BCUT2D eigenvalue weighted by Crippen LogP contribution is 2.23. The summed E-state index contributed by atoms with van der Waals surface area (Å²) >= 11 is 1.67. The third kappa shape index (κ3) is 1.75. The van der Waals surface area contributed by atoms with Crippen LogP contribution >= 0.6 is 11.3 Å². The number of nitrogens with zero attached hydrogens (tertiary/aromatic N) is 2. The molecule has 0 aliphatic heterocycles. The fraction of sp³-hybridized carbons (Fsp3) is 0.200. The van der Waals surface area contributed by atoms with Crippen molar-refractivity contribution in [3.05, 3.63) is 46.7 Å². The Balaban J connectivity index is 2.29. The molecule has 0 aliphatic carbocycles. The lowest BCUT2D eigenvalue weighted by Crippen LogP contribution is -1.97. The SMILES string of the molecule is CC(c1ccccn1)c1nccs1. The second-order valence-electron chi connectivity index (χ2n) is 2.85. The van der Waals surface area contributed by atoms with Gasteiger partial charge in [0.05, 0.1) is 5.92 Å². The van der Waals surface area contributed by atoms with Gasteiger partial charge in [-0.1, -0.05) is 13.0 Å². The van der Waals surface area contributed by atoms with E-state index in [2.05, 4.69) is 16.9 Å². The molecule has 2 heterocycles. The smallest absolute Gasteiger partial charge is 0.101 e. The molecule has 0 saturated heterocycles. The maximum absolute atomic E-state index is 4.30. The Bertz CT molecular complexity index is 356. The van der Waals surface area contributed by atoms with E-state index in [1.165, 1.54) is 0 Å². The molecule has 2 nitrogen and oxygen atoms in total. The predicted octanol–water partition coefficient (Wildman–Crippen LogP) is 2.69. The fourth-order valence-electron chi connectivity index (χ4n) is 1.21. The molecule has 2 rings (SSSR count). The molecule has 2 aromatic heterocycles. The summed E-state index contributed by atoms with van der Waals surface area (Å²) in [4.78, 5) is 8.57. The molecule has 0 spiro atoms. The summed E-state index contributed by atoms with van der Waals surface area (Å²) in [6.07, 6.45) is 3.65. The van der Waals surface area contributed by atoms with Gasteiger partial charge in [0.2, 0.25) is 0 Å². The van der Waals surface area contributed by atoms with Crippen LogP contribution in [0.3, 0.4) is 0 Å². The molecule has 0 aliphatic rings. The van der Waals surface area contributed by atoms with Gasteiger partial charge in [-0.2, -0.15) is 0 Å². The topological polar surface area (TPSA) is 25.8 Å². The minimum atomic E-state index is 0.307. The predicted molar refractivity (Wildman–Crippen MR) is 53.9 cm³/mol. The van der Waals surface area contributed by atoms with Crippen LogP contribution < -0.4 is 0 Å². The van der Waals surface area contributed by atoms with E-state index in [1.54, 1.807) is 11.3 Å². The molecule has 3 heteroatoms. The Hall–Kier alpha value is -1.22. The van der Waals surface area contributed by atoms with Crippen LogP contribution in [0.1, 0.15) is 23.5 Å². The van der Waals surface area contributed by atoms with Gasteiger partial charge in [-0.05, 0) is 12.1 Å². The van der Waals surface area contributed by atoms with Crippen LogP contribution in [0.2, 0.25) is 0 Å². The van der Waals surface area contributed by atoms with Crippen LogP contribution in [0.25, 0.3) is 0 Å². The average Bonchev–Trinajstić information content (AvgIpc) is 2.71. The first-order valence-electron chi connectivity index (χ1n) is 4.18. The lowest BCUT2D eigenvalue weighted by atomic mass is 10.1. The molecular formula is C10H10N2S. The van der Waals surface area contributed by atoms with Crippen molar-refractivity contribution in [1.29, 1.82) is 0 Å². The lowest BCUT2D eigenvalue weighted by molar-refractivity contribution is 0.859. The first-order valence-corrected chi connectivity index (χ1v) is 5.06. The van der Waals surface area contributed by atoms with E-state index < -0.39 is 0 Å². The van der Waals surface area contributed by atoms with Crippen molar-refractivity contribution in [2.24, 2.45) is 0 Å². The Morgan fingerprint density at radius 2 is 2.15 bits per heavy atom. The second kappa shape index (κ2) is 3.66. The highest BCUT2D eigenvalue weighted by molar-refractivity contribution is 7.09. The summed E-state index contributed by atoms with van der Waals surface area (Å²) in [6.45, 7) is 2.13. The number of pyridine rings is 1. The zero-order chi connectivity index (χ0) is 9.10. The van der Waals surface area contributed by atoms with Crippen LogP contribution in [0.15, 0.2) is 36.0 Å². The van der Waals surface area contributed by atoms with E-state index in [4.69, 9.17) is 0 Å². The van der Waals surface area contributed by atoms with Crippen molar-refractivity contribution in [3.63, 3.8) is 0 Å². The monoisotopic (exact) mass is 190 g/mol. The number of thiazole rings is 1. The van der Waals surface area contributed by atoms with Crippen molar-refractivity contribution in [1.82, 2.24) is 9.97 Å². The van der Waals surface area contributed by atoms with Crippen LogP contribution in [0.4, 0.5) is 0 Å². The summed E-state index contributed by atoms with van der Waals surface area (Å²) < 4.78 is 0. The molecular weight excluding hydrogens is 180 g/mol. The van der Waals surface area contributed by atoms with Gasteiger partial charge >= 0.3 is 0 Å². The number of hydrogen-bond donors (Lipinski definition) is 0. The average molecular weight is 190 g/mol. The minimum Gasteiger partial charge on any atom is -0.261 e. The number of rotatable bonds is 2. The van der Waals surface area contributed by atoms with Gasteiger partial charge in [0, 0.05) is 23.5 Å². The molecule has 0 radical (unpaired) electrons. The Morgan fingerprint density at radius 1 is 1.23 bits per heavy atom. The lowest BCUT2D eigenvalue weighted by Gasteiger charge is -2.05. The highest BCUT2D eigenvalue weighted by Gasteiger charge is 2.10. The third-order valence-electron chi connectivity index (χ3n) is 1.95. The van der Waals surface area contributed by atoms with E-state index in [1.807, 2.05) is 36.0 Å². The molecule has 0 bridgehead atoms. The molecule has 66 valence electrons. The summed E-state index contributed by atoms with van der Waals surface area (Å²) in [5.41, 5.74) is 1.08. The van der Waals surface area contributed by atoms with Crippen LogP contribution in [0.5, 0.6) is 0 Å². The Kier molecular flexibility index (Phi) is 2.36. The number of aromatic nitrogens is 2. The largest absolute Gasteiger partial charge is 0.261 e. The third-order valence-corrected chi connectivity index (χ3v) is 2.91. The fourth-order valence-corrected chi connectivity index (χ4v) is 1.91. The summed E-state index contributed by atoms with van der Waals surface area (Å²) in [5, 5.41) is 3.12. The molecule has 1 unspecified atom stereocenters. The molecule has 0 N–H and O–H groups in total. The van der Waals surface area contributed by atoms with Gasteiger partial charge in [-0.15, -0.1) is 11.3 Å². The quantitative estimate of drug-likeness (QED) is 0.727. The first-order chi connectivity index (χ1) is 6.38. The summed E-state index contributed by atoms with van der Waals surface area (Å²) in [6, 6.07) is 5.97. The van der Waals surface area contributed by atoms with Gasteiger partial charge in [0.1, 0.15) is 5.01 Å². The Morgan fingerprint density at radius 3 is 2.77 bits per heavy atom. The molecule has 0 amide bonds. The van der Waals surface area contributed by atoms with Gasteiger partial charge in [0.15, 0.2) is 0 Å². The molecule has 0 aromatic carbocycles. The first kappa shape index (κ1) is 8.38. The van der Waals surface area contributed by atoms with Crippen molar-refractivity contribution in [2.75, 3.05) is 0 Å². The zero-order valence-electron chi connectivity index (χ0n) is 7.34. The minimum absolute atomic E-state index is 0.307. The molecule has 13 heavy (non-hydrogen) atoms. The van der Waals surface area contributed by atoms with E-state index in [-0.39, 0.29) is 0 Å². The Labute approximate surface area is 81.3 Å². The van der Waals surface area contributed by atoms with Gasteiger partial charge < -0.3 is 0 Å². The molecule has 0 fully saturated rings. The highest BCUT2D eigenvalue weighted by atomic mass is 32.1. The maximum Gasteiger partial charge on any atom is 0.101 e. The maximum atomic E-state index is 4.30. The second-order valence-corrected chi connectivity index (χ2v) is 3.77. The van der Waals surface area contributed by atoms with Crippen LogP contribution in [-0.4, -0.2) is 9.97 Å². The zero-order valence-corrected chi connectivity index (χ0v) is 8.16. The summed E-state index contributed by atoms with van der Waals surface area (Å²) in [5.74, 6) is 0.307. The van der Waals surface area contributed by atoms with Crippen molar-refractivity contribution in [3.8, 4) is 0 Å². The van der Waals surface area contributed by atoms with Crippen molar-refractivity contribution < 1.29 is 0 Å². The number of hydrogen-bond acceptors (Lipinski definition) is 3. The standard InChI is InChI=1S/C10H10N2S/c1-8(10-12-6-7-13-10)9-4-2-3-5-11-9/h2-8H,1H3. The van der Waals surface area contributed by atoms with E-state index in [0.717, 1.165) is 10.7 Å². The molecule has 1 atom stereocenters. The molecule has 2 aromatic rings. The summed E-state index contributed by atoms with van der Waals surface area (Å²) in [7, 11) is 0.